The number of piperidine rings is 1. The van der Waals surface area contributed by atoms with Gasteiger partial charge < -0.3 is 18.8 Å². The number of anilines is 1. The quantitative estimate of drug-likeness (QED) is 0.379. The number of hydrogen-bond donors (Lipinski definition) is 0. The number of aromatic nitrogens is 2. The van der Waals surface area contributed by atoms with E-state index in [1.165, 1.54) is 12.3 Å². The topological polar surface area (TPSA) is 68.5 Å². The van der Waals surface area contributed by atoms with E-state index in [4.69, 9.17) is 14.1 Å². The van der Waals surface area contributed by atoms with Gasteiger partial charge in [-0.3, -0.25) is 4.98 Å². The number of alkyl halides is 3. The summed E-state index contributed by atoms with van der Waals surface area (Å²) in [6.45, 7) is 1.76. The molecule has 4 rings (SSSR count). The van der Waals surface area contributed by atoms with Crippen molar-refractivity contribution in [3.8, 4) is 11.3 Å². The average molecular weight is 447 g/mol. The van der Waals surface area contributed by atoms with Gasteiger partial charge in [0.1, 0.15) is 17.6 Å². The van der Waals surface area contributed by atoms with Gasteiger partial charge in [-0.25, -0.2) is 4.98 Å². The molecule has 0 amide bonds. The van der Waals surface area contributed by atoms with Crippen molar-refractivity contribution in [2.75, 3.05) is 31.7 Å². The summed E-state index contributed by atoms with van der Waals surface area (Å²) in [6, 6.07) is 4.22. The van der Waals surface area contributed by atoms with E-state index in [0.717, 1.165) is 24.5 Å². The fourth-order valence-corrected chi connectivity index (χ4v) is 4.03. The second-order valence-electron chi connectivity index (χ2n) is 7.95. The lowest BCUT2D eigenvalue weighted by molar-refractivity contribution is -0.136. The van der Waals surface area contributed by atoms with Crippen LogP contribution in [0.1, 0.15) is 30.5 Å². The van der Waals surface area contributed by atoms with E-state index in [1.54, 1.807) is 19.4 Å². The maximum Gasteiger partial charge on any atom is 0.420 e. The molecule has 0 atom stereocenters. The molecule has 0 saturated carbocycles. The number of carbonyl (C=O) groups is 1. The fraction of sp³-hybridized carbons (Fsp3) is 0.435. The minimum absolute atomic E-state index is 0.00772. The Hall–Kier alpha value is -2.94. The van der Waals surface area contributed by atoms with Crippen molar-refractivity contribution in [1.29, 1.82) is 0 Å². The van der Waals surface area contributed by atoms with Crippen molar-refractivity contribution < 1.29 is 27.1 Å². The number of fused-ring (bicyclic) bond motifs is 1. The van der Waals surface area contributed by atoms with E-state index in [9.17, 15) is 18.0 Å². The van der Waals surface area contributed by atoms with Crippen LogP contribution in [0.2, 0.25) is 0 Å². The first-order valence-electron chi connectivity index (χ1n) is 10.5. The van der Waals surface area contributed by atoms with E-state index in [1.807, 2.05) is 4.90 Å². The Bertz CT molecular complexity index is 1090. The molecule has 0 bridgehead atoms. The molecule has 1 aliphatic rings. The lowest BCUT2D eigenvalue weighted by atomic mass is 9.98. The van der Waals surface area contributed by atoms with Gasteiger partial charge in [-0.15, -0.1) is 0 Å². The van der Waals surface area contributed by atoms with Crippen LogP contribution in [-0.4, -0.2) is 43.1 Å². The number of halogens is 3. The predicted molar refractivity (Wildman–Crippen MR) is 113 cm³/mol. The largest absolute Gasteiger partial charge is 0.464 e. The molecule has 1 aliphatic heterocycles. The van der Waals surface area contributed by atoms with E-state index in [-0.39, 0.29) is 11.5 Å². The Labute approximate surface area is 183 Å². The molecule has 1 aromatic carbocycles. The average Bonchev–Trinajstić information content (AvgIpc) is 3.26. The van der Waals surface area contributed by atoms with Crippen LogP contribution in [0, 0.1) is 5.92 Å². The molecule has 0 unspecified atom stereocenters. The number of aldehydes is 1. The van der Waals surface area contributed by atoms with Crippen molar-refractivity contribution in [3.05, 3.63) is 41.9 Å². The van der Waals surface area contributed by atoms with Crippen molar-refractivity contribution in [1.82, 2.24) is 9.97 Å². The van der Waals surface area contributed by atoms with Gasteiger partial charge in [0.2, 0.25) is 0 Å². The molecule has 1 fully saturated rings. The first kappa shape index (κ1) is 22.3. The van der Waals surface area contributed by atoms with Crippen molar-refractivity contribution in [3.63, 3.8) is 0 Å². The Balaban J connectivity index is 1.78. The number of methoxy groups -OCH3 is 1. The summed E-state index contributed by atoms with van der Waals surface area (Å²) in [6.07, 6.45) is 2.01. The highest BCUT2D eigenvalue weighted by Gasteiger charge is 2.35. The van der Waals surface area contributed by atoms with E-state index >= 15 is 0 Å². The Kier molecular flexibility index (Phi) is 6.45. The van der Waals surface area contributed by atoms with Crippen molar-refractivity contribution in [2.45, 2.75) is 31.9 Å². The monoisotopic (exact) mass is 447 g/mol. The van der Waals surface area contributed by atoms with Crippen LogP contribution in [0.4, 0.5) is 19.0 Å². The molecule has 9 heteroatoms. The van der Waals surface area contributed by atoms with Crippen molar-refractivity contribution in [2.24, 2.45) is 5.92 Å². The van der Waals surface area contributed by atoms with E-state index in [0.29, 0.717) is 61.4 Å². The Morgan fingerprint density at radius 2 is 2.06 bits per heavy atom. The van der Waals surface area contributed by atoms with Gasteiger partial charge >= 0.3 is 6.18 Å². The highest BCUT2D eigenvalue weighted by Crippen LogP contribution is 2.40. The van der Waals surface area contributed by atoms with Crippen LogP contribution in [0.25, 0.3) is 22.2 Å². The smallest absolute Gasteiger partial charge is 0.420 e. The van der Waals surface area contributed by atoms with Crippen LogP contribution >= 0.6 is 0 Å². The first-order chi connectivity index (χ1) is 15.4. The summed E-state index contributed by atoms with van der Waals surface area (Å²) in [5, 5.41) is 0.353. The molecular weight excluding hydrogens is 423 g/mol. The molecular formula is C23H24F3N3O3. The molecule has 0 radical (unpaired) electrons. The van der Waals surface area contributed by atoms with E-state index < -0.39 is 11.7 Å². The molecule has 2 aromatic heterocycles. The second kappa shape index (κ2) is 9.28. The number of carbonyl (C=O) groups excluding carboxylic acids is 1. The number of ether oxygens (including phenoxy) is 1. The summed E-state index contributed by atoms with van der Waals surface area (Å²) in [7, 11) is 1.63. The molecule has 0 aliphatic carbocycles. The highest BCUT2D eigenvalue weighted by molar-refractivity contribution is 5.88. The zero-order valence-corrected chi connectivity index (χ0v) is 17.7. The van der Waals surface area contributed by atoms with Gasteiger partial charge in [0.15, 0.2) is 5.82 Å². The fourth-order valence-electron chi connectivity index (χ4n) is 4.03. The lowest BCUT2D eigenvalue weighted by Crippen LogP contribution is -2.35. The molecule has 6 nitrogen and oxygen atoms in total. The third-order valence-corrected chi connectivity index (χ3v) is 5.75. The van der Waals surface area contributed by atoms with Gasteiger partial charge in [0.05, 0.1) is 17.5 Å². The Morgan fingerprint density at radius 3 is 2.75 bits per heavy atom. The zero-order chi connectivity index (χ0) is 22.7. The normalized spacial score (nSPS) is 15.4. The summed E-state index contributed by atoms with van der Waals surface area (Å²) < 4.78 is 51.3. The van der Waals surface area contributed by atoms with Crippen LogP contribution < -0.4 is 4.90 Å². The number of furan rings is 1. The molecule has 170 valence electrons. The van der Waals surface area contributed by atoms with Gasteiger partial charge in [0, 0.05) is 49.9 Å². The highest BCUT2D eigenvalue weighted by atomic mass is 19.4. The summed E-state index contributed by atoms with van der Waals surface area (Å²) >= 11 is 0. The Morgan fingerprint density at radius 1 is 1.28 bits per heavy atom. The maximum atomic E-state index is 13.7. The van der Waals surface area contributed by atoms with E-state index in [2.05, 4.69) is 4.98 Å². The number of benzene rings is 1. The van der Waals surface area contributed by atoms with Crippen LogP contribution in [0.15, 0.2) is 35.1 Å². The van der Waals surface area contributed by atoms with Crippen LogP contribution in [0.3, 0.4) is 0 Å². The maximum absolute atomic E-state index is 13.7. The van der Waals surface area contributed by atoms with Crippen LogP contribution in [0.5, 0.6) is 0 Å². The number of nitrogens with zero attached hydrogens (tertiary/aromatic N) is 3. The molecule has 1 saturated heterocycles. The third-order valence-electron chi connectivity index (χ3n) is 5.75. The molecule has 0 spiro atoms. The molecule has 32 heavy (non-hydrogen) atoms. The number of rotatable bonds is 7. The number of hydrogen-bond acceptors (Lipinski definition) is 6. The lowest BCUT2D eigenvalue weighted by Gasteiger charge is -2.32. The SMILES string of the molecule is COCCCc1cnc(-c2cc(C(F)(F)F)c3occc3c2)c(N2CCC(C=O)CC2)n1. The van der Waals surface area contributed by atoms with Gasteiger partial charge in [0.25, 0.3) is 0 Å². The third kappa shape index (κ3) is 4.62. The standard InChI is InChI=1S/C23H24F3N3O3/c1-31-9-2-3-18-13-27-20(22(28-18)29-7-4-15(14-30)5-8-29)17-11-16-6-10-32-21(16)19(12-17)23(24,25)26/h6,10-15H,2-5,7-9H2,1H3. The summed E-state index contributed by atoms with van der Waals surface area (Å²) in [5.74, 6) is 0.534. The predicted octanol–water partition coefficient (Wildman–Crippen LogP) is 4.90. The van der Waals surface area contributed by atoms with Crippen molar-refractivity contribution >= 4 is 23.1 Å². The number of aryl methyl sites for hydroxylation is 1. The zero-order valence-electron chi connectivity index (χ0n) is 17.7. The molecule has 0 N–H and O–H groups in total. The molecule has 3 aromatic rings. The van der Waals surface area contributed by atoms with Gasteiger partial charge in [-0.05, 0) is 43.9 Å². The second-order valence-corrected chi connectivity index (χ2v) is 7.95. The van der Waals surface area contributed by atoms with Gasteiger partial charge in [-0.2, -0.15) is 13.2 Å². The summed E-state index contributed by atoms with van der Waals surface area (Å²) in [5.41, 5.74) is 0.428. The minimum Gasteiger partial charge on any atom is -0.464 e. The van der Waals surface area contributed by atoms with Gasteiger partial charge in [-0.1, -0.05) is 0 Å². The molecule has 3 heterocycles. The minimum atomic E-state index is -4.57. The first-order valence-corrected chi connectivity index (χ1v) is 10.5. The van der Waals surface area contributed by atoms with Crippen LogP contribution in [-0.2, 0) is 22.1 Å². The summed E-state index contributed by atoms with van der Waals surface area (Å²) in [4.78, 5) is 22.5.